The maximum atomic E-state index is 8.97. The normalized spacial score (nSPS) is 16.6. The molecule has 0 N–H and O–H groups in total. The van der Waals surface area contributed by atoms with Gasteiger partial charge in [0.2, 0.25) is 0 Å². The molecule has 1 fully saturated rings. The molecule has 0 spiro atoms. The zero-order valence-electron chi connectivity index (χ0n) is 10.7. The number of aromatic nitrogens is 1. The van der Waals surface area contributed by atoms with E-state index in [1.807, 2.05) is 0 Å². The molecule has 0 amide bonds. The number of nitriles is 1. The highest BCUT2D eigenvalue weighted by Crippen LogP contribution is 2.30. The smallest absolute Gasteiger partial charge is 0.148 e. The van der Waals surface area contributed by atoms with Gasteiger partial charge >= 0.3 is 0 Å². The lowest BCUT2D eigenvalue weighted by atomic mass is 9.92. The number of anilines is 1. The average molecular weight is 264 g/mol. The molecular weight excluding hydrogens is 246 g/mol. The van der Waals surface area contributed by atoms with E-state index >= 15 is 0 Å². The molecule has 1 aliphatic heterocycles. The Morgan fingerprint density at radius 2 is 2.22 bits per heavy atom. The van der Waals surface area contributed by atoms with Crippen LogP contribution in [0.1, 0.15) is 38.2 Å². The molecular formula is C14H18ClN3. The van der Waals surface area contributed by atoms with Gasteiger partial charge in [-0.1, -0.05) is 31.4 Å². The van der Waals surface area contributed by atoms with Crippen molar-refractivity contribution in [3.8, 4) is 6.07 Å². The topological polar surface area (TPSA) is 39.9 Å². The van der Waals surface area contributed by atoms with Crippen LogP contribution in [0.4, 0.5) is 5.82 Å². The van der Waals surface area contributed by atoms with E-state index in [0.29, 0.717) is 10.6 Å². The summed E-state index contributed by atoms with van der Waals surface area (Å²) in [6, 6.07) is 3.77. The first-order chi connectivity index (χ1) is 8.76. The minimum atomic E-state index is 0.494. The van der Waals surface area contributed by atoms with Gasteiger partial charge in [0.1, 0.15) is 16.9 Å². The van der Waals surface area contributed by atoms with Gasteiger partial charge < -0.3 is 4.90 Å². The number of pyridine rings is 1. The number of nitrogens with zero attached hydrogens (tertiary/aromatic N) is 3. The summed E-state index contributed by atoms with van der Waals surface area (Å²) in [5.41, 5.74) is 0.511. The molecule has 0 aliphatic carbocycles. The van der Waals surface area contributed by atoms with Crippen molar-refractivity contribution in [1.29, 1.82) is 5.26 Å². The second-order valence-corrected chi connectivity index (χ2v) is 5.20. The predicted molar refractivity (Wildman–Crippen MR) is 73.8 cm³/mol. The van der Waals surface area contributed by atoms with Gasteiger partial charge in [-0.05, 0) is 24.8 Å². The Kier molecular flexibility index (Phi) is 4.43. The number of hydrogen-bond acceptors (Lipinski definition) is 3. The summed E-state index contributed by atoms with van der Waals surface area (Å²) >= 11 is 6.21. The fourth-order valence-electron chi connectivity index (χ4n) is 2.58. The Morgan fingerprint density at radius 1 is 1.50 bits per heavy atom. The molecule has 2 rings (SSSR count). The second-order valence-electron chi connectivity index (χ2n) is 4.83. The van der Waals surface area contributed by atoms with Crippen LogP contribution in [0.5, 0.6) is 0 Å². The fraction of sp³-hybridized carbons (Fsp3) is 0.571. The van der Waals surface area contributed by atoms with Crippen LogP contribution in [0.3, 0.4) is 0 Å². The Labute approximate surface area is 113 Å². The quantitative estimate of drug-likeness (QED) is 0.836. The molecule has 3 nitrogen and oxygen atoms in total. The molecule has 0 unspecified atom stereocenters. The van der Waals surface area contributed by atoms with E-state index in [2.05, 4.69) is 22.9 Å². The van der Waals surface area contributed by atoms with E-state index in [4.69, 9.17) is 16.9 Å². The van der Waals surface area contributed by atoms with Crippen molar-refractivity contribution in [1.82, 2.24) is 4.98 Å². The Morgan fingerprint density at radius 3 is 2.83 bits per heavy atom. The van der Waals surface area contributed by atoms with Crippen LogP contribution < -0.4 is 4.90 Å². The van der Waals surface area contributed by atoms with Crippen molar-refractivity contribution < 1.29 is 0 Å². The van der Waals surface area contributed by atoms with Gasteiger partial charge in [0.15, 0.2) is 0 Å². The number of halogens is 1. The summed E-state index contributed by atoms with van der Waals surface area (Å²) in [5, 5.41) is 9.47. The predicted octanol–water partition coefficient (Wildman–Crippen LogP) is 3.62. The molecule has 0 aromatic carbocycles. The molecule has 0 saturated carbocycles. The lowest BCUT2D eigenvalue weighted by Crippen LogP contribution is -2.34. The van der Waals surface area contributed by atoms with Crippen LogP contribution in [0.15, 0.2) is 12.3 Å². The maximum Gasteiger partial charge on any atom is 0.148 e. The van der Waals surface area contributed by atoms with Crippen molar-refractivity contribution in [2.75, 3.05) is 18.0 Å². The number of hydrogen-bond donors (Lipinski definition) is 0. The summed E-state index contributed by atoms with van der Waals surface area (Å²) < 4.78 is 0. The summed E-state index contributed by atoms with van der Waals surface area (Å²) in [4.78, 5) is 6.53. The lowest BCUT2D eigenvalue weighted by molar-refractivity contribution is 0.377. The van der Waals surface area contributed by atoms with Crippen LogP contribution >= 0.6 is 11.6 Å². The Hall–Kier alpha value is -1.27. The van der Waals surface area contributed by atoms with Gasteiger partial charge in [-0.2, -0.15) is 5.26 Å². The van der Waals surface area contributed by atoms with Crippen molar-refractivity contribution in [2.45, 2.75) is 32.6 Å². The largest absolute Gasteiger partial charge is 0.355 e. The summed E-state index contributed by atoms with van der Waals surface area (Å²) in [5.74, 6) is 1.61. The fourth-order valence-corrected chi connectivity index (χ4v) is 2.85. The van der Waals surface area contributed by atoms with Crippen molar-refractivity contribution in [3.63, 3.8) is 0 Å². The zero-order chi connectivity index (χ0) is 13.0. The first kappa shape index (κ1) is 13.2. The van der Waals surface area contributed by atoms with E-state index in [1.165, 1.54) is 25.7 Å². The van der Waals surface area contributed by atoms with E-state index in [9.17, 15) is 0 Å². The minimum Gasteiger partial charge on any atom is -0.355 e. The Balaban J connectivity index is 2.08. The lowest BCUT2D eigenvalue weighted by Gasteiger charge is -2.33. The molecule has 18 heavy (non-hydrogen) atoms. The molecule has 1 aliphatic rings. The molecule has 0 radical (unpaired) electrons. The number of piperidine rings is 1. The average Bonchev–Trinajstić information content (AvgIpc) is 2.41. The molecule has 0 atom stereocenters. The van der Waals surface area contributed by atoms with E-state index in [-0.39, 0.29) is 0 Å². The van der Waals surface area contributed by atoms with Gasteiger partial charge in [0.25, 0.3) is 0 Å². The summed E-state index contributed by atoms with van der Waals surface area (Å²) in [6.07, 6.45) is 6.63. The molecule has 1 aromatic heterocycles. The van der Waals surface area contributed by atoms with Crippen LogP contribution in [0, 0.1) is 17.2 Å². The number of rotatable bonds is 3. The van der Waals surface area contributed by atoms with Crippen LogP contribution in [0.25, 0.3) is 0 Å². The minimum absolute atomic E-state index is 0.494. The van der Waals surface area contributed by atoms with E-state index in [1.54, 1.807) is 12.3 Å². The monoisotopic (exact) mass is 263 g/mol. The maximum absolute atomic E-state index is 8.97. The van der Waals surface area contributed by atoms with Crippen molar-refractivity contribution >= 4 is 17.4 Å². The Bertz CT molecular complexity index is 445. The highest BCUT2D eigenvalue weighted by molar-refractivity contribution is 6.34. The van der Waals surface area contributed by atoms with Crippen LogP contribution in [-0.2, 0) is 0 Å². The molecule has 1 aromatic rings. The van der Waals surface area contributed by atoms with Gasteiger partial charge in [-0.15, -0.1) is 0 Å². The summed E-state index contributed by atoms with van der Waals surface area (Å²) in [6.45, 7) is 4.22. The third kappa shape index (κ3) is 2.76. The molecule has 2 heterocycles. The summed E-state index contributed by atoms with van der Waals surface area (Å²) in [7, 11) is 0. The molecule has 1 saturated heterocycles. The van der Waals surface area contributed by atoms with E-state index in [0.717, 1.165) is 24.8 Å². The van der Waals surface area contributed by atoms with E-state index < -0.39 is 0 Å². The van der Waals surface area contributed by atoms with Gasteiger partial charge in [-0.25, -0.2) is 4.98 Å². The first-order valence-electron chi connectivity index (χ1n) is 6.55. The highest BCUT2D eigenvalue weighted by atomic mass is 35.5. The van der Waals surface area contributed by atoms with Gasteiger partial charge in [-0.3, -0.25) is 0 Å². The molecule has 96 valence electrons. The molecule has 0 bridgehead atoms. The van der Waals surface area contributed by atoms with Gasteiger partial charge in [0.05, 0.1) is 5.56 Å². The van der Waals surface area contributed by atoms with Crippen molar-refractivity contribution in [2.24, 2.45) is 5.92 Å². The third-order valence-corrected chi connectivity index (χ3v) is 3.97. The second kappa shape index (κ2) is 6.06. The highest BCUT2D eigenvalue weighted by Gasteiger charge is 2.21. The third-order valence-electron chi connectivity index (χ3n) is 3.60. The van der Waals surface area contributed by atoms with Crippen LogP contribution in [-0.4, -0.2) is 18.1 Å². The zero-order valence-corrected chi connectivity index (χ0v) is 11.5. The standard InChI is InChI=1S/C14H18ClN3/c1-2-3-11-5-8-18(9-6-11)14-13(15)12(10-16)4-7-17-14/h4,7,11H,2-3,5-6,8-9H2,1H3. The van der Waals surface area contributed by atoms with Crippen LogP contribution in [0.2, 0.25) is 5.02 Å². The van der Waals surface area contributed by atoms with Gasteiger partial charge in [0, 0.05) is 19.3 Å². The first-order valence-corrected chi connectivity index (χ1v) is 6.93. The SMILES string of the molecule is CCCC1CCN(c2nccc(C#N)c2Cl)CC1. The molecule has 4 heteroatoms. The van der Waals surface area contributed by atoms with Crippen molar-refractivity contribution in [3.05, 3.63) is 22.8 Å².